The number of rotatable bonds is 14. The molecule has 130 valence electrons. The molecule has 0 aromatic heterocycles. The molecule has 0 saturated heterocycles. The number of ether oxygens (including phenoxy) is 1. The lowest BCUT2D eigenvalue weighted by Crippen LogP contribution is -2.27. The smallest absolute Gasteiger partial charge is 0.331 e. The van der Waals surface area contributed by atoms with Gasteiger partial charge in [0.15, 0.2) is 0 Å². The molecule has 0 aliphatic heterocycles. The Bertz CT molecular complexity index is 404. The van der Waals surface area contributed by atoms with Crippen LogP contribution in [0, 0.1) is 0 Å². The van der Waals surface area contributed by atoms with Crippen LogP contribution in [0.3, 0.4) is 0 Å². The number of carboxylic acids is 1. The Morgan fingerprint density at radius 1 is 1.00 bits per heavy atom. The molecule has 0 unspecified atom stereocenters. The van der Waals surface area contributed by atoms with E-state index in [4.69, 9.17) is 9.84 Å². The number of esters is 1. The Kier molecular flexibility index (Phi) is 13.5. The van der Waals surface area contributed by atoms with E-state index in [1.807, 2.05) is 6.08 Å². The summed E-state index contributed by atoms with van der Waals surface area (Å²) in [7, 11) is 0. The van der Waals surface area contributed by atoms with Gasteiger partial charge in [-0.3, -0.25) is 4.79 Å². The maximum absolute atomic E-state index is 11.5. The first-order chi connectivity index (χ1) is 11.1. The molecule has 0 rings (SSSR count). The van der Waals surface area contributed by atoms with Crippen molar-refractivity contribution >= 4 is 17.8 Å². The summed E-state index contributed by atoms with van der Waals surface area (Å²) in [5.41, 5.74) is 0. The summed E-state index contributed by atoms with van der Waals surface area (Å²) in [5, 5.41) is 11.0. The van der Waals surface area contributed by atoms with Crippen molar-refractivity contribution < 1.29 is 24.2 Å². The van der Waals surface area contributed by atoms with Gasteiger partial charge in [0, 0.05) is 18.6 Å². The molecule has 0 saturated carbocycles. The predicted molar refractivity (Wildman–Crippen MR) is 87.9 cm³/mol. The second-order valence-electron chi connectivity index (χ2n) is 5.14. The number of carbonyl (C=O) groups is 3. The molecule has 0 aromatic rings. The van der Waals surface area contributed by atoms with Crippen molar-refractivity contribution in [2.24, 2.45) is 0 Å². The Morgan fingerprint density at radius 2 is 1.65 bits per heavy atom. The Balaban J connectivity index is 3.42. The number of hydrogen-bond acceptors (Lipinski definition) is 4. The summed E-state index contributed by atoms with van der Waals surface area (Å²) in [4.78, 5) is 32.7. The average Bonchev–Trinajstić information content (AvgIpc) is 2.52. The maximum Gasteiger partial charge on any atom is 0.331 e. The fourth-order valence-corrected chi connectivity index (χ4v) is 1.90. The van der Waals surface area contributed by atoms with E-state index in [1.54, 1.807) is 0 Å². The largest absolute Gasteiger partial charge is 0.478 e. The number of carbonyl (C=O) groups excluding carboxylic acids is 2. The minimum absolute atomic E-state index is 0.0256. The molecule has 0 aromatic carbocycles. The number of hydrogen-bond donors (Lipinski definition) is 2. The Labute approximate surface area is 137 Å². The van der Waals surface area contributed by atoms with Crippen LogP contribution in [0.2, 0.25) is 0 Å². The van der Waals surface area contributed by atoms with Crippen LogP contribution in [0.25, 0.3) is 0 Å². The van der Waals surface area contributed by atoms with E-state index in [-0.39, 0.29) is 19.1 Å². The molecule has 0 bridgehead atoms. The van der Waals surface area contributed by atoms with Crippen LogP contribution < -0.4 is 5.32 Å². The Morgan fingerprint density at radius 3 is 2.30 bits per heavy atom. The van der Waals surface area contributed by atoms with Gasteiger partial charge in [-0.25, -0.2) is 9.59 Å². The molecule has 1 amide bonds. The summed E-state index contributed by atoms with van der Waals surface area (Å²) < 4.78 is 4.72. The average molecular weight is 325 g/mol. The first-order valence-corrected chi connectivity index (χ1v) is 8.01. The summed E-state index contributed by atoms with van der Waals surface area (Å²) in [6, 6.07) is 0. The van der Waals surface area contributed by atoms with Crippen molar-refractivity contribution in [1.82, 2.24) is 5.32 Å². The third-order valence-corrected chi connectivity index (χ3v) is 3.09. The monoisotopic (exact) mass is 325 g/mol. The van der Waals surface area contributed by atoms with Crippen molar-refractivity contribution in [3.05, 3.63) is 24.8 Å². The molecule has 0 fully saturated rings. The molecule has 0 heterocycles. The quantitative estimate of drug-likeness (QED) is 0.222. The Hall–Kier alpha value is -2.11. The van der Waals surface area contributed by atoms with E-state index in [0.29, 0.717) is 12.5 Å². The molecular formula is C17H27NO5. The highest BCUT2D eigenvalue weighted by Crippen LogP contribution is 2.08. The van der Waals surface area contributed by atoms with Gasteiger partial charge in [0.2, 0.25) is 5.91 Å². The van der Waals surface area contributed by atoms with Crippen LogP contribution >= 0.6 is 0 Å². The first kappa shape index (κ1) is 20.9. The molecule has 23 heavy (non-hydrogen) atoms. The van der Waals surface area contributed by atoms with E-state index < -0.39 is 11.9 Å². The molecule has 0 aliphatic rings. The fraction of sp³-hybridized carbons (Fsp3) is 0.588. The summed E-state index contributed by atoms with van der Waals surface area (Å²) in [6.07, 6.45) is 11.6. The van der Waals surface area contributed by atoms with Crippen molar-refractivity contribution in [3.8, 4) is 0 Å². The highest BCUT2D eigenvalue weighted by Gasteiger charge is 2.02. The standard InChI is InChI=1S/C17H27NO5/c1-2-3-4-5-6-7-8-9-10-15(19)18-13-14-23-17(22)12-11-16(20)21/h2,11-12H,1,3-10,13-14H2,(H,18,19)(H,20,21). The SMILES string of the molecule is C=CCCCCCCCCC(=O)NCCOC(=O)C=CC(=O)O. The second-order valence-corrected chi connectivity index (χ2v) is 5.14. The molecule has 0 atom stereocenters. The van der Waals surface area contributed by atoms with Crippen LogP contribution in [0.15, 0.2) is 24.8 Å². The van der Waals surface area contributed by atoms with Crippen LogP contribution in [-0.4, -0.2) is 36.1 Å². The van der Waals surface area contributed by atoms with Gasteiger partial charge in [0.05, 0.1) is 6.54 Å². The first-order valence-electron chi connectivity index (χ1n) is 8.01. The second kappa shape index (κ2) is 14.8. The van der Waals surface area contributed by atoms with Gasteiger partial charge in [0.25, 0.3) is 0 Å². The van der Waals surface area contributed by atoms with Crippen molar-refractivity contribution in [3.63, 3.8) is 0 Å². The molecule has 6 heteroatoms. The van der Waals surface area contributed by atoms with Gasteiger partial charge in [-0.1, -0.05) is 31.8 Å². The summed E-state index contributed by atoms with van der Waals surface area (Å²) in [6.45, 7) is 3.94. The molecule has 0 radical (unpaired) electrons. The molecule has 6 nitrogen and oxygen atoms in total. The van der Waals surface area contributed by atoms with Crippen LogP contribution in [0.4, 0.5) is 0 Å². The fourth-order valence-electron chi connectivity index (χ4n) is 1.90. The maximum atomic E-state index is 11.5. The van der Waals surface area contributed by atoms with E-state index in [1.165, 1.54) is 19.3 Å². The minimum Gasteiger partial charge on any atom is -0.478 e. The lowest BCUT2D eigenvalue weighted by molar-refractivity contribution is -0.139. The zero-order chi connectivity index (χ0) is 17.3. The van der Waals surface area contributed by atoms with E-state index in [2.05, 4.69) is 11.9 Å². The third kappa shape index (κ3) is 16.1. The number of amides is 1. The highest BCUT2D eigenvalue weighted by atomic mass is 16.5. The number of allylic oxidation sites excluding steroid dienone is 1. The van der Waals surface area contributed by atoms with Crippen molar-refractivity contribution in [2.45, 2.75) is 51.4 Å². The van der Waals surface area contributed by atoms with E-state index in [0.717, 1.165) is 31.8 Å². The lowest BCUT2D eigenvalue weighted by Gasteiger charge is -2.05. The number of nitrogens with one attached hydrogen (secondary N) is 1. The zero-order valence-corrected chi connectivity index (χ0v) is 13.6. The minimum atomic E-state index is -1.21. The van der Waals surface area contributed by atoms with Crippen LogP contribution in [-0.2, 0) is 19.1 Å². The van der Waals surface area contributed by atoms with Gasteiger partial charge in [-0.15, -0.1) is 6.58 Å². The predicted octanol–water partition coefficient (Wildman–Crippen LogP) is 2.59. The number of unbranched alkanes of at least 4 members (excludes halogenated alkanes) is 6. The normalized spacial score (nSPS) is 10.4. The van der Waals surface area contributed by atoms with Gasteiger partial charge >= 0.3 is 11.9 Å². The highest BCUT2D eigenvalue weighted by molar-refractivity contribution is 5.90. The van der Waals surface area contributed by atoms with Crippen LogP contribution in [0.1, 0.15) is 51.4 Å². The molecule has 0 spiro atoms. The third-order valence-electron chi connectivity index (χ3n) is 3.09. The summed E-state index contributed by atoms with van der Waals surface area (Å²) in [5.74, 6) is -2.01. The number of carboxylic acid groups (broad SMARTS) is 1. The van der Waals surface area contributed by atoms with E-state index in [9.17, 15) is 14.4 Å². The number of aliphatic carboxylic acids is 1. The molecule has 2 N–H and O–H groups in total. The zero-order valence-electron chi connectivity index (χ0n) is 13.6. The van der Waals surface area contributed by atoms with Crippen molar-refractivity contribution in [1.29, 1.82) is 0 Å². The van der Waals surface area contributed by atoms with Gasteiger partial charge in [-0.05, 0) is 19.3 Å². The van der Waals surface area contributed by atoms with Gasteiger partial charge in [0.1, 0.15) is 6.61 Å². The van der Waals surface area contributed by atoms with Crippen molar-refractivity contribution in [2.75, 3.05) is 13.2 Å². The van der Waals surface area contributed by atoms with Gasteiger partial charge in [-0.2, -0.15) is 0 Å². The van der Waals surface area contributed by atoms with Gasteiger partial charge < -0.3 is 15.2 Å². The summed E-state index contributed by atoms with van der Waals surface area (Å²) >= 11 is 0. The lowest BCUT2D eigenvalue weighted by atomic mass is 10.1. The van der Waals surface area contributed by atoms with E-state index >= 15 is 0 Å². The topological polar surface area (TPSA) is 92.7 Å². The molecular weight excluding hydrogens is 298 g/mol. The van der Waals surface area contributed by atoms with Crippen LogP contribution in [0.5, 0.6) is 0 Å². The molecule has 0 aliphatic carbocycles.